The van der Waals surface area contributed by atoms with E-state index in [1.807, 2.05) is 65.3 Å². The van der Waals surface area contributed by atoms with E-state index in [0.717, 1.165) is 49.0 Å². The van der Waals surface area contributed by atoms with Gasteiger partial charge in [-0.1, -0.05) is 30.3 Å². The SMILES string of the molecule is CCN(C(=O)[C@@H]1C[C@H](C)N(C(=O)c2ccc(CCCC(C)(C)C(=O)O)cc2)c2ccccc21)C1CCC1. The maximum atomic E-state index is 13.7. The molecule has 0 saturated heterocycles. The molecule has 0 unspecified atom stereocenters. The molecule has 1 heterocycles. The van der Waals surface area contributed by atoms with Gasteiger partial charge in [0.05, 0.1) is 11.3 Å². The average Bonchev–Trinajstić information content (AvgIpc) is 2.85. The van der Waals surface area contributed by atoms with Crippen LogP contribution in [0.25, 0.3) is 0 Å². The van der Waals surface area contributed by atoms with Crippen molar-refractivity contribution in [3.05, 3.63) is 65.2 Å². The van der Waals surface area contributed by atoms with E-state index in [-0.39, 0.29) is 23.8 Å². The van der Waals surface area contributed by atoms with E-state index < -0.39 is 11.4 Å². The molecule has 2 aromatic carbocycles. The molecule has 37 heavy (non-hydrogen) atoms. The first-order valence-electron chi connectivity index (χ1n) is 13.7. The standard InChI is InChI=1S/C31H40N2O4/c1-5-32(24-11-8-12-24)29(35)26-20-21(2)33(27-14-7-6-13-25(26)27)28(34)23-17-15-22(16-18-23)10-9-19-31(3,4)30(36)37/h6-7,13-18,21,24,26H,5,8-12,19-20H2,1-4H3,(H,36,37)/t21-,26+/m0/s1. The van der Waals surface area contributed by atoms with Gasteiger partial charge in [-0.15, -0.1) is 0 Å². The summed E-state index contributed by atoms with van der Waals surface area (Å²) < 4.78 is 0. The molecule has 2 atom stereocenters. The van der Waals surface area contributed by atoms with Gasteiger partial charge in [0.25, 0.3) is 5.91 Å². The Hall–Kier alpha value is -3.15. The largest absolute Gasteiger partial charge is 0.481 e. The van der Waals surface area contributed by atoms with Gasteiger partial charge in [-0.25, -0.2) is 0 Å². The molecule has 198 valence electrons. The van der Waals surface area contributed by atoms with Gasteiger partial charge in [0.15, 0.2) is 0 Å². The first-order chi connectivity index (χ1) is 17.6. The topological polar surface area (TPSA) is 77.9 Å². The molecule has 2 aliphatic rings. The maximum absolute atomic E-state index is 13.7. The number of likely N-dealkylation sites (N-methyl/N-ethyl adjacent to an activating group) is 1. The highest BCUT2D eigenvalue weighted by Gasteiger charge is 2.40. The minimum Gasteiger partial charge on any atom is -0.481 e. The molecule has 1 aliphatic heterocycles. The molecular weight excluding hydrogens is 464 g/mol. The zero-order valence-corrected chi connectivity index (χ0v) is 22.6. The van der Waals surface area contributed by atoms with Gasteiger partial charge in [-0.3, -0.25) is 14.4 Å². The summed E-state index contributed by atoms with van der Waals surface area (Å²) in [5.41, 5.74) is 2.74. The number of nitrogens with zero attached hydrogens (tertiary/aromatic N) is 2. The molecule has 1 fully saturated rings. The lowest BCUT2D eigenvalue weighted by Gasteiger charge is -2.43. The second-order valence-electron chi connectivity index (χ2n) is 11.3. The van der Waals surface area contributed by atoms with Crippen LogP contribution >= 0.6 is 0 Å². The normalized spacial score (nSPS) is 19.6. The van der Waals surface area contributed by atoms with Crippen LogP contribution in [-0.2, 0) is 16.0 Å². The van der Waals surface area contributed by atoms with Crippen LogP contribution in [0.15, 0.2) is 48.5 Å². The van der Waals surface area contributed by atoms with E-state index in [4.69, 9.17) is 0 Å². The molecule has 6 heteroatoms. The fourth-order valence-corrected chi connectivity index (χ4v) is 5.64. The van der Waals surface area contributed by atoms with E-state index in [9.17, 15) is 19.5 Å². The van der Waals surface area contributed by atoms with Crippen LogP contribution in [0.5, 0.6) is 0 Å². The van der Waals surface area contributed by atoms with Crippen LogP contribution in [0, 0.1) is 5.41 Å². The zero-order valence-electron chi connectivity index (χ0n) is 22.6. The quantitative estimate of drug-likeness (QED) is 0.451. The number of amides is 2. The second-order valence-corrected chi connectivity index (χ2v) is 11.3. The first-order valence-corrected chi connectivity index (χ1v) is 13.7. The predicted octanol–water partition coefficient (Wildman–Crippen LogP) is 6.04. The molecule has 2 amide bonds. The number of hydrogen-bond acceptors (Lipinski definition) is 3. The van der Waals surface area contributed by atoms with Crippen molar-refractivity contribution in [2.45, 2.75) is 90.6 Å². The Morgan fingerprint density at radius 2 is 1.73 bits per heavy atom. The highest BCUT2D eigenvalue weighted by Crippen LogP contribution is 2.41. The highest BCUT2D eigenvalue weighted by atomic mass is 16.4. The zero-order chi connectivity index (χ0) is 26.7. The molecular formula is C31H40N2O4. The Morgan fingerprint density at radius 1 is 1.05 bits per heavy atom. The summed E-state index contributed by atoms with van der Waals surface area (Å²) in [5.74, 6) is -0.878. The van der Waals surface area contributed by atoms with E-state index in [1.165, 1.54) is 6.42 Å². The van der Waals surface area contributed by atoms with Gasteiger partial charge in [0.2, 0.25) is 5.91 Å². The molecule has 0 spiro atoms. The van der Waals surface area contributed by atoms with Crippen molar-refractivity contribution in [3.8, 4) is 0 Å². The summed E-state index contributed by atoms with van der Waals surface area (Å²) in [6.45, 7) is 8.31. The molecule has 1 saturated carbocycles. The van der Waals surface area contributed by atoms with Crippen LogP contribution in [-0.4, -0.2) is 46.4 Å². The van der Waals surface area contributed by atoms with E-state index in [0.29, 0.717) is 24.4 Å². The number of aliphatic carboxylic acids is 1. The van der Waals surface area contributed by atoms with Crippen LogP contribution in [0.1, 0.15) is 93.6 Å². The van der Waals surface area contributed by atoms with Gasteiger partial charge in [-0.2, -0.15) is 0 Å². The van der Waals surface area contributed by atoms with Crippen molar-refractivity contribution < 1.29 is 19.5 Å². The summed E-state index contributed by atoms with van der Waals surface area (Å²) in [6, 6.07) is 15.8. The van der Waals surface area contributed by atoms with Crippen molar-refractivity contribution in [2.75, 3.05) is 11.4 Å². The minimum atomic E-state index is -0.779. The number of fused-ring (bicyclic) bond motifs is 1. The molecule has 1 N–H and O–H groups in total. The molecule has 0 radical (unpaired) electrons. The number of para-hydroxylation sites is 1. The lowest BCUT2D eigenvalue weighted by molar-refractivity contribution is -0.147. The summed E-state index contributed by atoms with van der Waals surface area (Å²) in [5, 5.41) is 9.31. The van der Waals surface area contributed by atoms with E-state index in [2.05, 4.69) is 6.92 Å². The fourth-order valence-electron chi connectivity index (χ4n) is 5.64. The van der Waals surface area contributed by atoms with E-state index in [1.54, 1.807) is 13.8 Å². The van der Waals surface area contributed by atoms with Gasteiger partial charge >= 0.3 is 5.97 Å². The summed E-state index contributed by atoms with van der Waals surface area (Å²) in [6.07, 6.45) is 6.11. The number of carboxylic acid groups (broad SMARTS) is 1. The molecule has 2 aromatic rings. The number of carbonyl (C=O) groups excluding carboxylic acids is 2. The van der Waals surface area contributed by atoms with Crippen LogP contribution in [0.4, 0.5) is 5.69 Å². The Labute approximate surface area is 220 Å². The molecule has 6 nitrogen and oxygen atoms in total. The lowest BCUT2D eigenvalue weighted by atomic mass is 9.83. The Morgan fingerprint density at radius 3 is 2.32 bits per heavy atom. The number of hydrogen-bond donors (Lipinski definition) is 1. The monoisotopic (exact) mass is 504 g/mol. The smallest absolute Gasteiger partial charge is 0.309 e. The molecule has 1 aliphatic carbocycles. The van der Waals surface area contributed by atoms with Crippen LogP contribution in [0.3, 0.4) is 0 Å². The summed E-state index contributed by atoms with van der Waals surface area (Å²) in [7, 11) is 0. The van der Waals surface area contributed by atoms with Crippen LogP contribution in [0.2, 0.25) is 0 Å². The van der Waals surface area contributed by atoms with Crippen LogP contribution < -0.4 is 4.90 Å². The van der Waals surface area contributed by atoms with Gasteiger partial charge in [-0.05, 0) is 102 Å². The number of rotatable bonds is 9. The second kappa shape index (κ2) is 11.1. The molecule has 0 bridgehead atoms. The first kappa shape index (κ1) is 26.9. The maximum Gasteiger partial charge on any atom is 0.309 e. The average molecular weight is 505 g/mol. The Balaban J connectivity index is 1.50. The van der Waals surface area contributed by atoms with Crippen molar-refractivity contribution in [3.63, 3.8) is 0 Å². The Bertz CT molecular complexity index is 1140. The third kappa shape index (κ3) is 5.58. The van der Waals surface area contributed by atoms with Crippen molar-refractivity contribution >= 4 is 23.5 Å². The molecule has 4 rings (SSSR count). The number of aryl methyl sites for hydroxylation is 1. The number of carboxylic acids is 1. The summed E-state index contributed by atoms with van der Waals surface area (Å²) >= 11 is 0. The third-order valence-electron chi connectivity index (χ3n) is 8.29. The Kier molecular flexibility index (Phi) is 8.05. The fraction of sp³-hybridized carbons (Fsp3) is 0.516. The van der Waals surface area contributed by atoms with Crippen molar-refractivity contribution in [2.24, 2.45) is 5.41 Å². The lowest BCUT2D eigenvalue weighted by Crippen LogP contribution is -2.50. The van der Waals surface area contributed by atoms with Gasteiger partial charge in [0.1, 0.15) is 0 Å². The number of carbonyl (C=O) groups is 3. The van der Waals surface area contributed by atoms with Crippen molar-refractivity contribution in [1.82, 2.24) is 4.90 Å². The van der Waals surface area contributed by atoms with E-state index >= 15 is 0 Å². The van der Waals surface area contributed by atoms with Gasteiger partial charge in [0, 0.05) is 29.9 Å². The van der Waals surface area contributed by atoms with Crippen molar-refractivity contribution in [1.29, 1.82) is 0 Å². The minimum absolute atomic E-state index is 0.0595. The molecule has 0 aromatic heterocycles. The number of benzene rings is 2. The highest BCUT2D eigenvalue weighted by molar-refractivity contribution is 6.08. The number of anilines is 1. The third-order valence-corrected chi connectivity index (χ3v) is 8.29. The summed E-state index contributed by atoms with van der Waals surface area (Å²) in [4.78, 5) is 42.6. The van der Waals surface area contributed by atoms with Gasteiger partial charge < -0.3 is 14.9 Å². The predicted molar refractivity (Wildman–Crippen MR) is 146 cm³/mol.